The Hall–Kier alpha value is -0.410. The average Bonchev–Trinajstić information content (AvgIpc) is 2.64. The first-order valence-corrected chi connectivity index (χ1v) is 6.63. The lowest BCUT2D eigenvalue weighted by molar-refractivity contribution is 0.334. The van der Waals surface area contributed by atoms with Crippen LogP contribution in [0.15, 0.2) is 5.51 Å². The molecule has 2 nitrogen and oxygen atoms in total. The monoisotopic (exact) mass is 226 g/mol. The van der Waals surface area contributed by atoms with Crippen molar-refractivity contribution >= 4 is 11.3 Å². The van der Waals surface area contributed by atoms with E-state index in [4.69, 9.17) is 0 Å². The van der Waals surface area contributed by atoms with Crippen molar-refractivity contribution in [3.8, 4) is 0 Å². The molecule has 1 aromatic heterocycles. The van der Waals surface area contributed by atoms with Gasteiger partial charge in [-0.2, -0.15) is 0 Å². The highest BCUT2D eigenvalue weighted by Gasteiger charge is 2.17. The molecular weight excluding hydrogens is 204 g/mol. The Morgan fingerprint density at radius 1 is 1.40 bits per heavy atom. The Labute approximate surface area is 97.1 Å². The van der Waals surface area contributed by atoms with Crippen LogP contribution < -0.4 is 5.32 Å². The second-order valence-corrected chi connectivity index (χ2v) is 5.24. The van der Waals surface area contributed by atoms with Crippen LogP contribution in [0.4, 0.5) is 0 Å². The van der Waals surface area contributed by atoms with Gasteiger partial charge in [-0.05, 0) is 33.1 Å². The molecular formula is C12H22N2S. The van der Waals surface area contributed by atoms with Crippen LogP contribution in [0.5, 0.6) is 0 Å². The summed E-state index contributed by atoms with van der Waals surface area (Å²) >= 11 is 1.76. The molecule has 0 spiro atoms. The summed E-state index contributed by atoms with van der Waals surface area (Å²) in [4.78, 5) is 5.68. The van der Waals surface area contributed by atoms with Crippen molar-refractivity contribution in [1.82, 2.24) is 10.3 Å². The summed E-state index contributed by atoms with van der Waals surface area (Å²) in [5.41, 5.74) is 3.43. The highest BCUT2D eigenvalue weighted by atomic mass is 32.1. The maximum Gasteiger partial charge on any atom is 0.0797 e. The first-order valence-electron chi connectivity index (χ1n) is 5.75. The zero-order valence-corrected chi connectivity index (χ0v) is 11.1. The van der Waals surface area contributed by atoms with Crippen molar-refractivity contribution in [3.05, 3.63) is 16.1 Å². The van der Waals surface area contributed by atoms with Crippen molar-refractivity contribution in [2.45, 2.75) is 52.5 Å². The Morgan fingerprint density at radius 2 is 2.07 bits per heavy atom. The van der Waals surface area contributed by atoms with E-state index in [9.17, 15) is 0 Å². The molecule has 1 rings (SSSR count). The summed E-state index contributed by atoms with van der Waals surface area (Å²) in [6, 6.07) is 0. The Morgan fingerprint density at radius 3 is 2.53 bits per heavy atom. The highest BCUT2D eigenvalue weighted by molar-refractivity contribution is 7.09. The van der Waals surface area contributed by atoms with Crippen LogP contribution in [0.25, 0.3) is 0 Å². The molecule has 0 fully saturated rings. The van der Waals surface area contributed by atoms with Crippen LogP contribution >= 0.6 is 11.3 Å². The van der Waals surface area contributed by atoms with Gasteiger partial charge in [0.1, 0.15) is 0 Å². The van der Waals surface area contributed by atoms with E-state index in [0.717, 1.165) is 13.0 Å². The third-order valence-corrected chi connectivity index (χ3v) is 4.30. The summed E-state index contributed by atoms with van der Waals surface area (Å²) in [6.07, 6.45) is 3.47. The third-order valence-electron chi connectivity index (χ3n) is 3.31. The lowest BCUT2D eigenvalue weighted by atomic mass is 9.95. The maximum absolute atomic E-state index is 4.26. The first kappa shape index (κ1) is 12.7. The molecule has 1 heterocycles. The van der Waals surface area contributed by atoms with E-state index in [1.807, 2.05) is 5.51 Å². The number of hydrogen-bond acceptors (Lipinski definition) is 3. The van der Waals surface area contributed by atoms with Gasteiger partial charge < -0.3 is 5.32 Å². The summed E-state index contributed by atoms with van der Waals surface area (Å²) in [5, 5.41) is 3.64. The van der Waals surface area contributed by atoms with Crippen molar-refractivity contribution in [3.63, 3.8) is 0 Å². The second-order valence-electron chi connectivity index (χ2n) is 4.31. The molecule has 0 amide bonds. The maximum atomic E-state index is 4.26. The van der Waals surface area contributed by atoms with Crippen molar-refractivity contribution in [2.24, 2.45) is 0 Å². The van der Waals surface area contributed by atoms with Gasteiger partial charge in [-0.3, -0.25) is 0 Å². The fourth-order valence-corrected chi connectivity index (χ4v) is 2.33. The number of rotatable bonds is 6. The molecule has 86 valence electrons. The lowest BCUT2D eigenvalue weighted by Gasteiger charge is -2.28. The predicted molar refractivity (Wildman–Crippen MR) is 67.5 cm³/mol. The van der Waals surface area contributed by atoms with E-state index in [1.54, 1.807) is 11.3 Å². The smallest absolute Gasteiger partial charge is 0.0797 e. The van der Waals surface area contributed by atoms with Gasteiger partial charge in [-0.15, -0.1) is 11.3 Å². The molecule has 0 saturated heterocycles. The molecule has 0 aliphatic rings. The van der Waals surface area contributed by atoms with Gasteiger partial charge in [-0.25, -0.2) is 4.98 Å². The van der Waals surface area contributed by atoms with Gasteiger partial charge in [0.05, 0.1) is 11.2 Å². The second kappa shape index (κ2) is 5.61. The summed E-state index contributed by atoms with van der Waals surface area (Å²) < 4.78 is 0. The topological polar surface area (TPSA) is 24.9 Å². The molecule has 0 bridgehead atoms. The number of aryl methyl sites for hydroxylation is 1. The standard InChI is InChI=1S/C12H22N2S/c1-5-12(4,6-2)14-8-7-11-10(3)13-9-15-11/h9,14H,5-8H2,1-4H3. The predicted octanol–water partition coefficient (Wildman–Crippen LogP) is 3.16. The normalized spacial score (nSPS) is 12.0. The van der Waals surface area contributed by atoms with E-state index in [0.29, 0.717) is 5.54 Å². The minimum Gasteiger partial charge on any atom is -0.311 e. The summed E-state index contributed by atoms with van der Waals surface area (Å²) in [5.74, 6) is 0. The zero-order chi connectivity index (χ0) is 11.3. The molecule has 0 unspecified atom stereocenters. The van der Waals surface area contributed by atoms with Gasteiger partial charge in [0.25, 0.3) is 0 Å². The van der Waals surface area contributed by atoms with E-state index >= 15 is 0 Å². The average molecular weight is 226 g/mol. The number of aromatic nitrogens is 1. The van der Waals surface area contributed by atoms with E-state index in [-0.39, 0.29) is 0 Å². The Bertz CT molecular complexity index is 290. The van der Waals surface area contributed by atoms with E-state index < -0.39 is 0 Å². The SMILES string of the molecule is CCC(C)(CC)NCCc1scnc1C. The summed E-state index contributed by atoms with van der Waals surface area (Å²) in [6.45, 7) is 9.93. The summed E-state index contributed by atoms with van der Waals surface area (Å²) in [7, 11) is 0. The van der Waals surface area contributed by atoms with Gasteiger partial charge in [-0.1, -0.05) is 13.8 Å². The molecule has 3 heteroatoms. The van der Waals surface area contributed by atoms with Crippen LogP contribution in [0.2, 0.25) is 0 Å². The quantitative estimate of drug-likeness (QED) is 0.806. The molecule has 1 N–H and O–H groups in total. The number of nitrogens with one attached hydrogen (secondary N) is 1. The van der Waals surface area contributed by atoms with Gasteiger partial charge in [0.2, 0.25) is 0 Å². The van der Waals surface area contributed by atoms with Gasteiger partial charge in [0.15, 0.2) is 0 Å². The highest BCUT2D eigenvalue weighted by Crippen LogP contribution is 2.15. The number of nitrogens with zero attached hydrogens (tertiary/aromatic N) is 1. The molecule has 0 atom stereocenters. The molecule has 0 aromatic carbocycles. The molecule has 1 aromatic rings. The fraction of sp³-hybridized carbons (Fsp3) is 0.750. The van der Waals surface area contributed by atoms with Crippen LogP contribution in [-0.4, -0.2) is 17.1 Å². The Kier molecular flexibility index (Phi) is 4.74. The van der Waals surface area contributed by atoms with Crippen molar-refractivity contribution in [2.75, 3.05) is 6.54 Å². The number of thiazole rings is 1. The largest absolute Gasteiger partial charge is 0.311 e. The van der Waals surface area contributed by atoms with Crippen LogP contribution in [0.3, 0.4) is 0 Å². The zero-order valence-electron chi connectivity index (χ0n) is 10.3. The van der Waals surface area contributed by atoms with E-state index in [1.165, 1.54) is 23.4 Å². The van der Waals surface area contributed by atoms with Crippen LogP contribution in [-0.2, 0) is 6.42 Å². The molecule has 0 saturated carbocycles. The first-order chi connectivity index (χ1) is 7.11. The minimum absolute atomic E-state index is 0.304. The van der Waals surface area contributed by atoms with Gasteiger partial charge in [0, 0.05) is 17.0 Å². The van der Waals surface area contributed by atoms with E-state index in [2.05, 4.69) is 38.0 Å². The molecule has 15 heavy (non-hydrogen) atoms. The van der Waals surface area contributed by atoms with Crippen LogP contribution in [0, 0.1) is 6.92 Å². The molecule has 0 radical (unpaired) electrons. The van der Waals surface area contributed by atoms with Crippen molar-refractivity contribution in [1.29, 1.82) is 0 Å². The lowest BCUT2D eigenvalue weighted by Crippen LogP contribution is -2.42. The van der Waals surface area contributed by atoms with Crippen molar-refractivity contribution < 1.29 is 0 Å². The molecule has 0 aliphatic heterocycles. The molecule has 0 aliphatic carbocycles. The fourth-order valence-electron chi connectivity index (χ4n) is 1.54. The minimum atomic E-state index is 0.304. The van der Waals surface area contributed by atoms with Gasteiger partial charge >= 0.3 is 0 Å². The third kappa shape index (κ3) is 3.58. The number of hydrogen-bond donors (Lipinski definition) is 1. The Balaban J connectivity index is 2.36. The van der Waals surface area contributed by atoms with Crippen LogP contribution in [0.1, 0.15) is 44.2 Å².